The zero-order valence-electron chi connectivity index (χ0n) is 15.8. The minimum atomic E-state index is -0.262. The molecule has 9 nitrogen and oxygen atoms in total. The summed E-state index contributed by atoms with van der Waals surface area (Å²) in [4.78, 5) is 40.9. The Morgan fingerprint density at radius 1 is 1.14 bits per heavy atom. The van der Waals surface area contributed by atoms with Crippen molar-refractivity contribution in [1.29, 1.82) is 0 Å². The number of hydrogen-bond acceptors (Lipinski definition) is 5. The lowest BCUT2D eigenvalue weighted by molar-refractivity contribution is 0.0783. The van der Waals surface area contributed by atoms with Crippen LogP contribution >= 0.6 is 0 Å². The van der Waals surface area contributed by atoms with E-state index in [1.165, 1.54) is 6.20 Å². The summed E-state index contributed by atoms with van der Waals surface area (Å²) in [6.07, 6.45) is 5.27. The number of carbonyl (C=O) groups excluding carboxylic acids is 2. The monoisotopic (exact) mass is 392 g/mol. The minimum absolute atomic E-state index is 0.0723. The summed E-state index contributed by atoms with van der Waals surface area (Å²) in [5, 5.41) is 10.5. The normalized spacial score (nSPS) is 16.0. The largest absolute Gasteiger partial charge is 0.347 e. The summed E-state index contributed by atoms with van der Waals surface area (Å²) in [5.41, 5.74) is 2.13. The van der Waals surface area contributed by atoms with Gasteiger partial charge < -0.3 is 15.2 Å². The quantitative estimate of drug-likeness (QED) is 0.685. The minimum Gasteiger partial charge on any atom is -0.347 e. The molecule has 0 spiro atoms. The number of aromatic nitrogens is 4. The second kappa shape index (κ2) is 7.70. The van der Waals surface area contributed by atoms with E-state index in [1.807, 2.05) is 12.1 Å². The number of nitrogens with zero attached hydrogens (tertiary/aromatic N) is 4. The number of likely N-dealkylation sites (tertiary alicyclic amines) is 1. The van der Waals surface area contributed by atoms with Gasteiger partial charge in [0.25, 0.3) is 17.4 Å². The number of nitrogens with one attached hydrogen (secondary N) is 2. The fourth-order valence-corrected chi connectivity index (χ4v) is 3.35. The number of benzene rings is 1. The van der Waals surface area contributed by atoms with Gasteiger partial charge in [0.1, 0.15) is 12.7 Å². The van der Waals surface area contributed by atoms with Crippen molar-refractivity contribution in [3.63, 3.8) is 0 Å². The van der Waals surface area contributed by atoms with Crippen LogP contribution in [-0.2, 0) is 0 Å². The van der Waals surface area contributed by atoms with Crippen LogP contribution in [0.1, 0.15) is 32.7 Å². The second-order valence-corrected chi connectivity index (χ2v) is 7.03. The molecule has 2 N–H and O–H groups in total. The summed E-state index contributed by atoms with van der Waals surface area (Å²) in [5.74, 6) is -0.334. The molecule has 1 aromatic carbocycles. The third-order valence-corrected chi connectivity index (χ3v) is 4.99. The molecule has 0 saturated carbocycles. The van der Waals surface area contributed by atoms with Crippen LogP contribution in [-0.4, -0.2) is 55.6 Å². The Balaban J connectivity index is 1.37. The number of H-pyrrole nitrogens is 1. The van der Waals surface area contributed by atoms with Crippen LogP contribution in [0.5, 0.6) is 0 Å². The van der Waals surface area contributed by atoms with Crippen molar-refractivity contribution in [2.24, 2.45) is 0 Å². The third kappa shape index (κ3) is 3.93. The SMILES string of the molecule is Cc1cc(C(=O)N[C@@H]2CCN(C(=O)c3ccc(-n4cnnc4)cc3)C2)c[nH]c1=O. The smallest absolute Gasteiger partial charge is 0.253 e. The molecule has 2 amide bonds. The first-order valence-electron chi connectivity index (χ1n) is 9.26. The lowest BCUT2D eigenvalue weighted by Crippen LogP contribution is -2.38. The molecule has 0 unspecified atom stereocenters. The van der Waals surface area contributed by atoms with Gasteiger partial charge in [0, 0.05) is 42.1 Å². The van der Waals surface area contributed by atoms with Gasteiger partial charge in [-0.3, -0.25) is 19.0 Å². The first-order chi connectivity index (χ1) is 14.0. The number of hydrogen-bond donors (Lipinski definition) is 2. The molecule has 1 aliphatic rings. The molecule has 0 aliphatic carbocycles. The van der Waals surface area contributed by atoms with Crippen molar-refractivity contribution in [3.05, 3.63) is 76.2 Å². The number of amides is 2. The average molecular weight is 392 g/mol. The second-order valence-electron chi connectivity index (χ2n) is 7.03. The van der Waals surface area contributed by atoms with Crippen LogP contribution in [0, 0.1) is 6.92 Å². The molecule has 29 heavy (non-hydrogen) atoms. The molecule has 3 heterocycles. The van der Waals surface area contributed by atoms with E-state index in [0.29, 0.717) is 36.2 Å². The predicted molar refractivity (Wildman–Crippen MR) is 105 cm³/mol. The molecule has 3 aromatic rings. The van der Waals surface area contributed by atoms with Crippen molar-refractivity contribution in [2.75, 3.05) is 13.1 Å². The molecule has 4 rings (SSSR count). The zero-order valence-corrected chi connectivity index (χ0v) is 15.8. The number of carbonyl (C=O) groups is 2. The van der Waals surface area contributed by atoms with Gasteiger partial charge >= 0.3 is 0 Å². The van der Waals surface area contributed by atoms with Gasteiger partial charge in [-0.2, -0.15) is 0 Å². The van der Waals surface area contributed by atoms with Crippen LogP contribution in [0.2, 0.25) is 0 Å². The highest BCUT2D eigenvalue weighted by Crippen LogP contribution is 2.16. The Morgan fingerprint density at radius 2 is 1.86 bits per heavy atom. The summed E-state index contributed by atoms with van der Waals surface area (Å²) in [6, 6.07) is 8.65. The highest BCUT2D eigenvalue weighted by atomic mass is 16.2. The van der Waals surface area contributed by atoms with E-state index in [-0.39, 0.29) is 23.4 Å². The van der Waals surface area contributed by atoms with Crippen LogP contribution in [0.25, 0.3) is 5.69 Å². The van der Waals surface area contributed by atoms with E-state index in [9.17, 15) is 14.4 Å². The predicted octanol–water partition coefficient (Wildman–Crippen LogP) is 0.909. The van der Waals surface area contributed by atoms with Gasteiger partial charge in [-0.25, -0.2) is 0 Å². The van der Waals surface area contributed by atoms with Crippen LogP contribution < -0.4 is 10.9 Å². The van der Waals surface area contributed by atoms with Gasteiger partial charge in [0.2, 0.25) is 0 Å². The maximum Gasteiger partial charge on any atom is 0.253 e. The molecule has 0 bridgehead atoms. The van der Waals surface area contributed by atoms with Gasteiger partial charge in [0.15, 0.2) is 0 Å². The molecule has 0 radical (unpaired) electrons. The molecular formula is C20H20N6O3. The highest BCUT2D eigenvalue weighted by Gasteiger charge is 2.28. The first kappa shape index (κ1) is 18.6. The van der Waals surface area contributed by atoms with Crippen molar-refractivity contribution < 1.29 is 9.59 Å². The summed E-state index contributed by atoms with van der Waals surface area (Å²) in [6.45, 7) is 2.67. The van der Waals surface area contributed by atoms with E-state index in [4.69, 9.17) is 0 Å². The average Bonchev–Trinajstić information content (AvgIpc) is 3.42. The maximum atomic E-state index is 12.8. The molecular weight excluding hydrogens is 372 g/mol. The maximum absolute atomic E-state index is 12.8. The van der Waals surface area contributed by atoms with E-state index in [2.05, 4.69) is 20.5 Å². The molecule has 1 atom stereocenters. The van der Waals surface area contributed by atoms with E-state index >= 15 is 0 Å². The molecule has 1 fully saturated rings. The van der Waals surface area contributed by atoms with E-state index in [1.54, 1.807) is 47.2 Å². The van der Waals surface area contributed by atoms with Crippen LogP contribution in [0.15, 0.2) is 54.0 Å². The van der Waals surface area contributed by atoms with Gasteiger partial charge in [0.05, 0.1) is 5.56 Å². The number of rotatable bonds is 4. The lowest BCUT2D eigenvalue weighted by Gasteiger charge is -2.17. The Hall–Kier alpha value is -3.75. The lowest BCUT2D eigenvalue weighted by atomic mass is 10.2. The highest BCUT2D eigenvalue weighted by molar-refractivity contribution is 5.95. The Morgan fingerprint density at radius 3 is 2.55 bits per heavy atom. The fourth-order valence-electron chi connectivity index (χ4n) is 3.35. The summed E-state index contributed by atoms with van der Waals surface area (Å²) in [7, 11) is 0. The number of aryl methyl sites for hydroxylation is 1. The molecule has 1 aliphatic heterocycles. The topological polar surface area (TPSA) is 113 Å². The fraction of sp³-hybridized carbons (Fsp3) is 0.250. The molecule has 148 valence electrons. The van der Waals surface area contributed by atoms with Gasteiger partial charge in [-0.1, -0.05) is 0 Å². The number of aromatic amines is 1. The van der Waals surface area contributed by atoms with E-state index < -0.39 is 0 Å². The van der Waals surface area contributed by atoms with Gasteiger partial charge in [-0.05, 0) is 43.7 Å². The summed E-state index contributed by atoms with van der Waals surface area (Å²) < 4.78 is 1.76. The third-order valence-electron chi connectivity index (χ3n) is 4.99. The Bertz CT molecular complexity index is 1090. The van der Waals surface area contributed by atoms with Crippen molar-refractivity contribution >= 4 is 11.8 Å². The molecule has 1 saturated heterocycles. The van der Waals surface area contributed by atoms with Crippen molar-refractivity contribution in [2.45, 2.75) is 19.4 Å². The molecule has 2 aromatic heterocycles. The first-order valence-corrected chi connectivity index (χ1v) is 9.26. The Kier molecular flexibility index (Phi) is 4.94. The zero-order chi connectivity index (χ0) is 20.4. The van der Waals surface area contributed by atoms with Crippen LogP contribution in [0.4, 0.5) is 0 Å². The van der Waals surface area contributed by atoms with E-state index in [0.717, 1.165) is 5.69 Å². The Labute approximate surface area is 166 Å². The van der Waals surface area contributed by atoms with Crippen LogP contribution in [0.3, 0.4) is 0 Å². The number of pyridine rings is 1. The summed E-state index contributed by atoms with van der Waals surface area (Å²) >= 11 is 0. The van der Waals surface area contributed by atoms with Crippen molar-refractivity contribution in [3.8, 4) is 5.69 Å². The van der Waals surface area contributed by atoms with Crippen molar-refractivity contribution in [1.82, 2.24) is 30.0 Å². The molecule has 9 heteroatoms. The van der Waals surface area contributed by atoms with Gasteiger partial charge in [-0.15, -0.1) is 10.2 Å². The standard InChI is InChI=1S/C20H20N6O3/c1-13-8-15(9-21-18(13)27)19(28)24-16-6-7-25(10-16)20(29)14-2-4-17(5-3-14)26-11-22-23-12-26/h2-5,8-9,11-12,16H,6-7,10H2,1H3,(H,21,27)(H,24,28)/t16-/m1/s1.